The fourth-order valence-electron chi connectivity index (χ4n) is 7.69. The molecule has 0 saturated heterocycles. The SMILES string of the molecule is CCn1nc(C)cc1C(=O)/N=c1\n(CC)c2cc(C(N)=O)cc(OC)c2n1CC(O)C(O)Cn1/c(=N/C(=O)c2cc(C)nn2CC)n(CC)c2cc(C(N)=O)cc(OCCCO)c21. The molecule has 6 rings (SSSR count). The van der Waals surface area contributed by atoms with Crippen molar-refractivity contribution >= 4 is 45.7 Å². The highest BCUT2D eigenvalue weighted by Gasteiger charge is 2.28. The van der Waals surface area contributed by atoms with E-state index in [0.29, 0.717) is 46.5 Å². The van der Waals surface area contributed by atoms with E-state index in [-0.39, 0.29) is 91.1 Å². The van der Waals surface area contributed by atoms with Crippen LogP contribution in [0.25, 0.3) is 22.1 Å². The largest absolute Gasteiger partial charge is 0.494 e. The molecule has 21 heteroatoms. The fraction of sp³-hybridized carbons (Fsp3) is 0.429. The summed E-state index contributed by atoms with van der Waals surface area (Å²) in [4.78, 5) is 62.1. The van der Waals surface area contributed by atoms with E-state index < -0.39 is 35.8 Å². The van der Waals surface area contributed by atoms with E-state index in [1.807, 2.05) is 20.8 Å². The third kappa shape index (κ3) is 8.92. The number of aliphatic hydroxyl groups excluding tert-OH is 3. The Bertz CT molecular complexity index is 2870. The number of hydrogen-bond donors (Lipinski definition) is 5. The molecule has 4 heterocycles. The van der Waals surface area contributed by atoms with Crippen molar-refractivity contribution in [1.82, 2.24) is 37.8 Å². The second kappa shape index (κ2) is 19.1. The zero-order chi connectivity index (χ0) is 45.9. The summed E-state index contributed by atoms with van der Waals surface area (Å²) in [6.07, 6.45) is -2.98. The lowest BCUT2D eigenvalue weighted by Gasteiger charge is -2.21. The Labute approximate surface area is 361 Å². The molecule has 0 aliphatic heterocycles. The van der Waals surface area contributed by atoms with Crippen LogP contribution in [-0.4, -0.2) is 109 Å². The zero-order valence-corrected chi connectivity index (χ0v) is 36.4. The lowest BCUT2D eigenvalue weighted by Crippen LogP contribution is -2.40. The van der Waals surface area contributed by atoms with Crippen LogP contribution in [0.2, 0.25) is 0 Å². The minimum atomic E-state index is -1.62. The smallest absolute Gasteiger partial charge is 0.298 e. The fourth-order valence-corrected chi connectivity index (χ4v) is 7.69. The van der Waals surface area contributed by atoms with Crippen molar-refractivity contribution in [1.29, 1.82) is 0 Å². The van der Waals surface area contributed by atoms with E-state index in [1.54, 1.807) is 42.0 Å². The quantitative estimate of drug-likeness (QED) is 0.0765. The van der Waals surface area contributed by atoms with Crippen LogP contribution in [0.15, 0.2) is 46.4 Å². The monoisotopic (exact) mass is 870 g/mol. The molecule has 7 N–H and O–H groups in total. The van der Waals surface area contributed by atoms with Crippen LogP contribution in [0.1, 0.15) is 87.2 Å². The first-order valence-electron chi connectivity index (χ1n) is 20.6. The maximum Gasteiger partial charge on any atom is 0.298 e. The number of aliphatic hydroxyl groups is 3. The molecular weight excluding hydrogens is 817 g/mol. The van der Waals surface area contributed by atoms with Crippen LogP contribution < -0.4 is 32.2 Å². The van der Waals surface area contributed by atoms with Gasteiger partial charge in [-0.3, -0.25) is 28.5 Å². The molecule has 2 atom stereocenters. The number of ether oxygens (including phenoxy) is 2. The van der Waals surface area contributed by atoms with Gasteiger partial charge in [0.25, 0.3) is 11.8 Å². The predicted octanol–water partition coefficient (Wildman–Crippen LogP) is 1.16. The predicted molar refractivity (Wildman–Crippen MR) is 229 cm³/mol. The highest BCUT2D eigenvalue weighted by molar-refractivity contribution is 6.00. The first kappa shape index (κ1) is 45.7. The molecule has 4 aromatic heterocycles. The van der Waals surface area contributed by atoms with Gasteiger partial charge in [0.1, 0.15) is 33.9 Å². The molecule has 4 amide bonds. The summed E-state index contributed by atoms with van der Waals surface area (Å²) in [7, 11) is 1.40. The number of methoxy groups -OCH3 is 1. The molecule has 0 bridgehead atoms. The van der Waals surface area contributed by atoms with Crippen molar-refractivity contribution in [3.8, 4) is 11.5 Å². The van der Waals surface area contributed by atoms with E-state index in [2.05, 4.69) is 20.2 Å². The van der Waals surface area contributed by atoms with Gasteiger partial charge in [-0.25, -0.2) is 0 Å². The van der Waals surface area contributed by atoms with Gasteiger partial charge >= 0.3 is 0 Å². The molecule has 0 fully saturated rings. The standard InChI is InChI=1S/C42H54N12O9/c1-8-49-27-17-25(37(43)58)19-33(62-7)35(27)51(41(49)45-39(60)29-15-23(5)47-53(29)10-3)21-31(56)32(57)22-52-36-28(18-26(38(44)59)20-34(36)63-14-12-13-55)50(9-2)42(52)46-40(61)30-16-24(6)48-54(30)11-4/h15-20,31-32,55-57H,8-14,21-22H2,1-7H3,(H2,43,58)(H2,44,59)/b45-41+,46-42+. The van der Waals surface area contributed by atoms with Crippen LogP contribution >= 0.6 is 0 Å². The number of hydrogen-bond acceptors (Lipinski definition) is 11. The number of nitrogens with zero attached hydrogens (tertiary/aromatic N) is 10. The number of rotatable bonds is 18. The summed E-state index contributed by atoms with van der Waals surface area (Å²) < 4.78 is 21.3. The first-order chi connectivity index (χ1) is 30.1. The number of aryl methyl sites for hydroxylation is 6. The molecule has 2 unspecified atom stereocenters. The van der Waals surface area contributed by atoms with Crippen molar-refractivity contribution in [2.24, 2.45) is 21.5 Å². The molecule has 0 spiro atoms. The van der Waals surface area contributed by atoms with Gasteiger partial charge in [0.2, 0.25) is 23.1 Å². The second-order valence-corrected chi connectivity index (χ2v) is 14.8. The lowest BCUT2D eigenvalue weighted by atomic mass is 10.1. The summed E-state index contributed by atoms with van der Waals surface area (Å²) in [6, 6.07) is 9.17. The Hall–Kier alpha value is -6.84. The van der Waals surface area contributed by atoms with E-state index in [0.717, 1.165) is 0 Å². The van der Waals surface area contributed by atoms with E-state index >= 15 is 0 Å². The number of benzene rings is 2. The maximum atomic E-state index is 14.0. The van der Waals surface area contributed by atoms with Crippen molar-refractivity contribution in [2.75, 3.05) is 20.3 Å². The Morgan fingerprint density at radius 1 is 0.667 bits per heavy atom. The maximum absolute atomic E-state index is 14.0. The molecule has 0 aliphatic carbocycles. The van der Waals surface area contributed by atoms with Crippen LogP contribution in [0.5, 0.6) is 11.5 Å². The van der Waals surface area contributed by atoms with E-state index in [4.69, 9.17) is 20.9 Å². The van der Waals surface area contributed by atoms with Gasteiger partial charge in [0, 0.05) is 50.3 Å². The number of nitrogens with two attached hydrogens (primary N) is 2. The minimum Gasteiger partial charge on any atom is -0.494 e. The summed E-state index contributed by atoms with van der Waals surface area (Å²) >= 11 is 0. The molecule has 63 heavy (non-hydrogen) atoms. The van der Waals surface area contributed by atoms with Gasteiger partial charge in [0.05, 0.1) is 61.4 Å². The van der Waals surface area contributed by atoms with Crippen LogP contribution in [0.3, 0.4) is 0 Å². The Morgan fingerprint density at radius 3 is 1.48 bits per heavy atom. The number of primary amides is 2. The average molecular weight is 871 g/mol. The molecule has 2 aromatic carbocycles. The number of imidazole rings is 2. The molecule has 0 saturated carbocycles. The van der Waals surface area contributed by atoms with E-state index in [1.165, 1.54) is 49.9 Å². The highest BCUT2D eigenvalue weighted by atomic mass is 16.5. The van der Waals surface area contributed by atoms with Crippen molar-refractivity contribution in [3.05, 3.63) is 81.5 Å². The summed E-state index contributed by atoms with van der Waals surface area (Å²) in [5.74, 6) is -2.41. The Kier molecular flexibility index (Phi) is 13.8. The topological polar surface area (TPSA) is 280 Å². The van der Waals surface area contributed by atoms with Crippen molar-refractivity contribution in [3.63, 3.8) is 0 Å². The second-order valence-electron chi connectivity index (χ2n) is 14.8. The number of aromatic nitrogens is 8. The molecule has 6 aromatic rings. The van der Waals surface area contributed by atoms with Gasteiger partial charge in [-0.2, -0.15) is 20.2 Å². The number of amides is 4. The summed E-state index contributed by atoms with van der Waals surface area (Å²) in [5.41, 5.74) is 14.9. The van der Waals surface area contributed by atoms with Crippen molar-refractivity contribution in [2.45, 2.75) is 99.4 Å². The molecule has 21 nitrogen and oxygen atoms in total. The highest BCUT2D eigenvalue weighted by Crippen LogP contribution is 2.30. The number of carbonyl (C=O) groups excluding carboxylic acids is 4. The third-order valence-corrected chi connectivity index (χ3v) is 10.6. The van der Waals surface area contributed by atoms with Crippen LogP contribution in [-0.2, 0) is 39.3 Å². The van der Waals surface area contributed by atoms with Gasteiger partial charge in [-0.15, -0.1) is 0 Å². The first-order valence-corrected chi connectivity index (χ1v) is 20.6. The Morgan fingerprint density at radius 2 is 1.10 bits per heavy atom. The van der Waals surface area contributed by atoms with Gasteiger partial charge < -0.3 is 54.5 Å². The molecule has 0 radical (unpaired) electrons. The van der Waals surface area contributed by atoms with E-state index in [9.17, 15) is 34.5 Å². The van der Waals surface area contributed by atoms with Crippen LogP contribution in [0.4, 0.5) is 0 Å². The normalized spacial score (nSPS) is 13.3. The number of fused-ring (bicyclic) bond motifs is 2. The molecule has 336 valence electrons. The number of carbonyl (C=O) groups is 4. The average Bonchev–Trinajstić information content (AvgIpc) is 4.00. The van der Waals surface area contributed by atoms with Crippen molar-refractivity contribution < 1.29 is 44.0 Å². The Balaban J connectivity index is 1.56. The van der Waals surface area contributed by atoms with Crippen LogP contribution in [0, 0.1) is 13.8 Å². The summed E-state index contributed by atoms with van der Waals surface area (Å²) in [5, 5.41) is 42.5. The molecule has 0 aliphatic rings. The van der Waals surface area contributed by atoms with Gasteiger partial charge in [0.15, 0.2) is 0 Å². The van der Waals surface area contributed by atoms with Gasteiger partial charge in [-0.1, -0.05) is 0 Å². The third-order valence-electron chi connectivity index (χ3n) is 10.6. The summed E-state index contributed by atoms with van der Waals surface area (Å²) in [6.45, 7) is 11.2. The van der Waals surface area contributed by atoms with Gasteiger partial charge in [-0.05, 0) is 77.9 Å². The zero-order valence-electron chi connectivity index (χ0n) is 36.4. The lowest BCUT2D eigenvalue weighted by molar-refractivity contribution is -0.000282. The minimum absolute atomic E-state index is 0.0394. The molecular formula is C42H54N12O9.